The number of unbranched alkanes of at least 4 members (excludes halogenated alkanes) is 1. The average molecular weight is 484 g/mol. The first-order valence-electron chi connectivity index (χ1n) is 9.58. The molecule has 1 heterocycles. The number of thioether (sulfide) groups is 1. The first kappa shape index (κ1) is 23.4. The van der Waals surface area contributed by atoms with Crippen molar-refractivity contribution in [2.75, 3.05) is 11.9 Å². The lowest BCUT2D eigenvalue weighted by Crippen LogP contribution is -2.45. The van der Waals surface area contributed by atoms with E-state index in [0.29, 0.717) is 23.1 Å². The number of halogens is 3. The van der Waals surface area contributed by atoms with E-state index < -0.39 is 11.1 Å². The molecule has 0 aliphatic carbocycles. The highest BCUT2D eigenvalue weighted by Crippen LogP contribution is 2.37. The minimum absolute atomic E-state index is 0.0114. The number of nitrogens with one attached hydrogen (secondary N) is 1. The third kappa shape index (κ3) is 5.90. The summed E-state index contributed by atoms with van der Waals surface area (Å²) in [4.78, 5) is 31.6. The molecule has 3 rings (SSSR count). The number of rotatable bonds is 6. The van der Waals surface area contributed by atoms with Crippen molar-refractivity contribution in [2.24, 2.45) is 4.99 Å². The summed E-state index contributed by atoms with van der Waals surface area (Å²) in [5.41, 5.74) is 0.785. The van der Waals surface area contributed by atoms with E-state index in [2.05, 4.69) is 10.3 Å². The number of hydrogen-bond acceptors (Lipinski definition) is 5. The van der Waals surface area contributed by atoms with Gasteiger partial charge >= 0.3 is 0 Å². The van der Waals surface area contributed by atoms with Crippen LogP contribution in [0, 0.1) is 5.82 Å². The molecular weight excluding hydrogens is 464 g/mol. The van der Waals surface area contributed by atoms with Crippen molar-refractivity contribution >= 4 is 63.3 Å². The molecule has 0 spiro atoms. The normalized spacial score (nSPS) is 17.8. The molecule has 1 aliphatic rings. The van der Waals surface area contributed by atoms with E-state index in [1.807, 2.05) is 6.92 Å². The zero-order valence-electron chi connectivity index (χ0n) is 16.6. The summed E-state index contributed by atoms with van der Waals surface area (Å²) in [6, 6.07) is 8.25. The Morgan fingerprint density at radius 1 is 1.29 bits per heavy atom. The molecule has 31 heavy (non-hydrogen) atoms. The maximum absolute atomic E-state index is 13.1. The van der Waals surface area contributed by atoms with E-state index in [9.17, 15) is 19.1 Å². The standard InChI is InChI=1S/C21H20Cl2FN3O3S/c1-2-3-8-27-18(28)11-17(20(30)25-13-6-4-12(24)5-7-13)31-21(27)26-14-9-15(22)19(29)16(23)10-14/h4-7,9-10,17,29H,2-3,8,11H2,1H3,(H,25,30)/t17-/m1/s1. The largest absolute Gasteiger partial charge is 0.505 e. The first-order chi connectivity index (χ1) is 14.8. The van der Waals surface area contributed by atoms with Gasteiger partial charge in [-0.25, -0.2) is 9.38 Å². The molecule has 0 radical (unpaired) electrons. The van der Waals surface area contributed by atoms with Crippen LogP contribution in [0.25, 0.3) is 0 Å². The van der Waals surface area contributed by atoms with Gasteiger partial charge in [0, 0.05) is 18.7 Å². The van der Waals surface area contributed by atoms with Crippen molar-refractivity contribution in [1.82, 2.24) is 4.90 Å². The number of amides is 2. The van der Waals surface area contributed by atoms with Gasteiger partial charge in [-0.1, -0.05) is 48.3 Å². The van der Waals surface area contributed by atoms with E-state index in [0.717, 1.165) is 24.6 Å². The molecule has 164 valence electrons. The van der Waals surface area contributed by atoms with Crippen LogP contribution < -0.4 is 5.32 Å². The monoisotopic (exact) mass is 483 g/mol. The lowest BCUT2D eigenvalue weighted by atomic mass is 10.2. The third-order valence-electron chi connectivity index (χ3n) is 4.51. The number of aromatic hydroxyl groups is 1. The van der Waals surface area contributed by atoms with Gasteiger partial charge < -0.3 is 10.4 Å². The van der Waals surface area contributed by atoms with Crippen molar-refractivity contribution in [2.45, 2.75) is 31.4 Å². The highest BCUT2D eigenvalue weighted by Gasteiger charge is 2.35. The highest BCUT2D eigenvalue weighted by molar-refractivity contribution is 8.15. The molecule has 2 aromatic carbocycles. The number of benzene rings is 2. The highest BCUT2D eigenvalue weighted by atomic mass is 35.5. The summed E-state index contributed by atoms with van der Waals surface area (Å²) >= 11 is 13.1. The first-order valence-corrected chi connectivity index (χ1v) is 11.2. The fraction of sp³-hybridized carbons (Fsp3) is 0.286. The Morgan fingerprint density at radius 3 is 2.55 bits per heavy atom. The van der Waals surface area contributed by atoms with Crippen molar-refractivity contribution in [3.8, 4) is 5.75 Å². The summed E-state index contributed by atoms with van der Waals surface area (Å²) in [7, 11) is 0. The summed E-state index contributed by atoms with van der Waals surface area (Å²) in [6.07, 6.45) is 1.67. The molecule has 2 aromatic rings. The Morgan fingerprint density at radius 2 is 1.94 bits per heavy atom. The van der Waals surface area contributed by atoms with Gasteiger partial charge in [0.1, 0.15) is 11.1 Å². The Kier molecular flexibility index (Phi) is 7.80. The van der Waals surface area contributed by atoms with E-state index in [1.165, 1.54) is 36.4 Å². The summed E-state index contributed by atoms with van der Waals surface area (Å²) in [5.74, 6) is -1.26. The second kappa shape index (κ2) is 10.3. The van der Waals surface area contributed by atoms with E-state index in [1.54, 1.807) is 4.90 Å². The summed E-state index contributed by atoms with van der Waals surface area (Å²) in [5, 5.41) is 12.2. The summed E-state index contributed by atoms with van der Waals surface area (Å²) in [6.45, 7) is 2.48. The number of carbonyl (C=O) groups is 2. The molecule has 0 bridgehead atoms. The van der Waals surface area contributed by atoms with E-state index >= 15 is 0 Å². The predicted octanol–water partition coefficient (Wildman–Crippen LogP) is 5.60. The fourth-order valence-electron chi connectivity index (χ4n) is 2.86. The van der Waals surface area contributed by atoms with Crippen molar-refractivity contribution in [1.29, 1.82) is 0 Å². The number of nitrogens with zero attached hydrogens (tertiary/aromatic N) is 2. The maximum Gasteiger partial charge on any atom is 0.238 e. The quantitative estimate of drug-likeness (QED) is 0.560. The average Bonchev–Trinajstić information content (AvgIpc) is 2.73. The van der Waals surface area contributed by atoms with Crippen LogP contribution in [0.3, 0.4) is 0 Å². The molecule has 1 atom stereocenters. The zero-order valence-corrected chi connectivity index (χ0v) is 18.9. The van der Waals surface area contributed by atoms with Crippen LogP contribution in [0.2, 0.25) is 10.0 Å². The second-order valence-corrected chi connectivity index (χ2v) is 8.84. The number of hydrogen-bond donors (Lipinski definition) is 2. The van der Waals surface area contributed by atoms with Gasteiger partial charge in [-0.05, 0) is 42.8 Å². The lowest BCUT2D eigenvalue weighted by molar-refractivity contribution is -0.129. The minimum Gasteiger partial charge on any atom is -0.505 e. The molecule has 10 heteroatoms. The SMILES string of the molecule is CCCCN1C(=O)C[C@H](C(=O)Nc2ccc(F)cc2)SC1=Nc1cc(Cl)c(O)c(Cl)c1. The molecule has 1 saturated heterocycles. The molecular formula is C21H20Cl2FN3O3S. The number of carbonyl (C=O) groups excluding carboxylic acids is 2. The van der Waals surface area contributed by atoms with Crippen LogP contribution in [0.1, 0.15) is 26.2 Å². The third-order valence-corrected chi connectivity index (χ3v) is 6.27. The number of amidine groups is 1. The van der Waals surface area contributed by atoms with Crippen LogP contribution in [0.4, 0.5) is 15.8 Å². The van der Waals surface area contributed by atoms with Gasteiger partial charge in [0.2, 0.25) is 11.8 Å². The van der Waals surface area contributed by atoms with E-state index in [4.69, 9.17) is 23.2 Å². The molecule has 2 N–H and O–H groups in total. The number of phenols is 1. The van der Waals surface area contributed by atoms with Gasteiger partial charge in [0.25, 0.3) is 0 Å². The van der Waals surface area contributed by atoms with Crippen LogP contribution >= 0.6 is 35.0 Å². The molecule has 2 amide bonds. The molecule has 0 unspecified atom stereocenters. The number of aliphatic imine (C=N–C) groups is 1. The van der Waals surface area contributed by atoms with Crippen LogP contribution in [-0.4, -0.2) is 38.8 Å². The minimum atomic E-state index is -0.711. The van der Waals surface area contributed by atoms with Crippen molar-refractivity contribution < 1.29 is 19.1 Å². The van der Waals surface area contributed by atoms with Crippen molar-refractivity contribution in [3.05, 3.63) is 52.3 Å². The number of phenolic OH excluding ortho intramolecular Hbond substituents is 1. The number of anilines is 1. The van der Waals surface area contributed by atoms with Gasteiger partial charge in [-0.2, -0.15) is 0 Å². The predicted molar refractivity (Wildman–Crippen MR) is 123 cm³/mol. The Hall–Kier alpha value is -2.29. The Balaban J connectivity index is 1.86. The smallest absolute Gasteiger partial charge is 0.238 e. The molecule has 1 aliphatic heterocycles. The van der Waals surface area contributed by atoms with Crippen molar-refractivity contribution in [3.63, 3.8) is 0 Å². The Labute approximate surface area is 193 Å². The topological polar surface area (TPSA) is 82.0 Å². The lowest BCUT2D eigenvalue weighted by Gasteiger charge is -2.31. The van der Waals surface area contributed by atoms with Crippen LogP contribution in [0.15, 0.2) is 41.4 Å². The molecule has 0 saturated carbocycles. The maximum atomic E-state index is 13.1. The van der Waals surface area contributed by atoms with Gasteiger partial charge in [-0.3, -0.25) is 14.5 Å². The van der Waals surface area contributed by atoms with Crippen LogP contribution in [-0.2, 0) is 9.59 Å². The zero-order chi connectivity index (χ0) is 22.5. The summed E-state index contributed by atoms with van der Waals surface area (Å²) < 4.78 is 13.1. The molecule has 0 aromatic heterocycles. The molecule has 6 nitrogen and oxygen atoms in total. The molecule has 1 fully saturated rings. The Bertz CT molecular complexity index is 994. The van der Waals surface area contributed by atoms with Gasteiger partial charge in [0.05, 0.1) is 15.7 Å². The van der Waals surface area contributed by atoms with Gasteiger partial charge in [0.15, 0.2) is 10.9 Å². The second-order valence-electron chi connectivity index (χ2n) is 6.86. The van der Waals surface area contributed by atoms with E-state index in [-0.39, 0.29) is 34.0 Å². The van der Waals surface area contributed by atoms with Crippen LogP contribution in [0.5, 0.6) is 5.75 Å². The van der Waals surface area contributed by atoms with Gasteiger partial charge in [-0.15, -0.1) is 0 Å². The fourth-order valence-corrected chi connectivity index (χ4v) is 4.46.